The molecule has 208 valence electrons. The molecule has 0 bridgehead atoms. The molecule has 2 N–H and O–H groups in total. The monoisotopic (exact) mass is 595 g/mol. The van der Waals surface area contributed by atoms with Gasteiger partial charge in [0.05, 0.1) is 17.4 Å². The van der Waals surface area contributed by atoms with Crippen LogP contribution in [-0.4, -0.2) is 51.2 Å². The van der Waals surface area contributed by atoms with E-state index in [1.54, 1.807) is 18.2 Å². The number of amides is 2. The number of carbonyl (C=O) groups is 2. The summed E-state index contributed by atoms with van der Waals surface area (Å²) in [6.45, 7) is 0. The number of halogens is 1. The van der Waals surface area contributed by atoms with Crippen molar-refractivity contribution in [3.63, 3.8) is 0 Å². The summed E-state index contributed by atoms with van der Waals surface area (Å²) in [6, 6.07) is 7.59. The number of carbonyl (C=O) groups excluding carboxylic acids is 2. The lowest BCUT2D eigenvalue weighted by Crippen LogP contribution is -2.55. The first kappa shape index (κ1) is 26.3. The van der Waals surface area contributed by atoms with Crippen LogP contribution in [0.1, 0.15) is 60.9 Å². The topological polar surface area (TPSA) is 166 Å². The number of fused-ring (bicyclic) bond motifs is 1. The molecular weight excluding hydrogens is 570 g/mol. The first-order chi connectivity index (χ1) is 18.4. The average molecular weight is 596 g/mol. The van der Waals surface area contributed by atoms with E-state index < -0.39 is 48.4 Å². The number of aromatic nitrogens is 1. The third-order valence-electron chi connectivity index (χ3n) is 7.91. The Kier molecular flexibility index (Phi) is 6.31. The van der Waals surface area contributed by atoms with Crippen molar-refractivity contribution in [3.8, 4) is 0 Å². The SMILES string of the molecule is O=C(NC1CC2(C1)CC(c1nc3cc(Cl)ccc3o1)C2)c1ccc(S(=O)(=O)NC(=O)C2CCCS(=O)(=O)C2)o1. The van der Waals surface area contributed by atoms with E-state index in [-0.39, 0.29) is 35.3 Å². The van der Waals surface area contributed by atoms with Gasteiger partial charge >= 0.3 is 0 Å². The third-order valence-corrected chi connectivity index (χ3v) is 11.2. The number of hydrogen-bond acceptors (Lipinski definition) is 9. The van der Waals surface area contributed by atoms with E-state index in [4.69, 9.17) is 20.4 Å². The summed E-state index contributed by atoms with van der Waals surface area (Å²) >= 11 is 6.03. The summed E-state index contributed by atoms with van der Waals surface area (Å²) < 4.78 is 61.8. The number of oxazole rings is 1. The lowest BCUT2D eigenvalue weighted by atomic mass is 9.50. The van der Waals surface area contributed by atoms with E-state index in [1.165, 1.54) is 6.07 Å². The van der Waals surface area contributed by atoms with Gasteiger partial charge in [-0.2, -0.15) is 8.42 Å². The van der Waals surface area contributed by atoms with E-state index in [0.29, 0.717) is 22.9 Å². The Morgan fingerprint density at radius 3 is 2.59 bits per heavy atom. The summed E-state index contributed by atoms with van der Waals surface area (Å²) in [5, 5.41) is 2.88. The van der Waals surface area contributed by atoms with Gasteiger partial charge in [0.15, 0.2) is 27.1 Å². The van der Waals surface area contributed by atoms with Gasteiger partial charge in [0, 0.05) is 17.0 Å². The van der Waals surface area contributed by atoms with Gasteiger partial charge in [0.25, 0.3) is 15.9 Å². The number of nitrogens with zero attached hydrogens (tertiary/aromatic N) is 1. The number of furan rings is 1. The number of sulfone groups is 1. The Bertz CT molecular complexity index is 1680. The molecule has 1 spiro atoms. The lowest BCUT2D eigenvalue weighted by Gasteiger charge is -2.57. The molecule has 3 fully saturated rings. The summed E-state index contributed by atoms with van der Waals surface area (Å²) in [5.41, 5.74) is 1.56. The van der Waals surface area contributed by atoms with Crippen LogP contribution in [0.15, 0.2) is 44.3 Å². The van der Waals surface area contributed by atoms with Crippen molar-refractivity contribution in [2.45, 2.75) is 55.6 Å². The molecule has 1 aliphatic heterocycles. The Labute approximate surface area is 229 Å². The van der Waals surface area contributed by atoms with E-state index in [1.807, 2.05) is 4.72 Å². The number of hydrogen-bond donors (Lipinski definition) is 2. The minimum atomic E-state index is -4.40. The first-order valence-electron chi connectivity index (χ1n) is 12.6. The summed E-state index contributed by atoms with van der Waals surface area (Å²) in [5.74, 6) is -2.09. The number of rotatable bonds is 6. The molecule has 3 aliphatic rings. The molecule has 3 heterocycles. The maximum Gasteiger partial charge on any atom is 0.297 e. The Morgan fingerprint density at radius 1 is 1.08 bits per heavy atom. The third kappa shape index (κ3) is 5.19. The second-order valence-electron chi connectivity index (χ2n) is 10.9. The van der Waals surface area contributed by atoms with Gasteiger partial charge in [-0.3, -0.25) is 9.59 Å². The van der Waals surface area contributed by atoms with Crippen molar-refractivity contribution in [2.75, 3.05) is 11.5 Å². The van der Waals surface area contributed by atoms with Crippen molar-refractivity contribution in [2.24, 2.45) is 11.3 Å². The molecule has 39 heavy (non-hydrogen) atoms. The van der Waals surface area contributed by atoms with Gasteiger partial charge < -0.3 is 14.2 Å². The van der Waals surface area contributed by atoms with Crippen LogP contribution in [0.5, 0.6) is 0 Å². The summed E-state index contributed by atoms with van der Waals surface area (Å²) in [7, 11) is -7.79. The molecule has 11 nitrogen and oxygen atoms in total. The fourth-order valence-corrected chi connectivity index (χ4v) is 8.86. The van der Waals surface area contributed by atoms with Gasteiger partial charge in [-0.1, -0.05) is 11.6 Å². The second-order valence-corrected chi connectivity index (χ2v) is 15.2. The molecule has 1 saturated heterocycles. The molecule has 6 rings (SSSR count). The standard InChI is InChI=1S/C25H26ClN3O8S2/c26-16-3-4-19-18(8-16)28-24(37-19)15-9-25(10-15)11-17(12-25)27-23(31)20-5-6-21(36-20)39(34,35)29-22(30)14-2-1-7-38(32,33)13-14/h3-6,8,14-15,17H,1-2,7,9-13H2,(H,27,31)(H,29,30). The fraction of sp³-hybridized carbons (Fsp3) is 0.480. The Balaban J connectivity index is 1.01. The lowest BCUT2D eigenvalue weighted by molar-refractivity contribution is -0.122. The van der Waals surface area contributed by atoms with Gasteiger partial charge in [-0.05, 0) is 74.3 Å². The highest BCUT2D eigenvalue weighted by Crippen LogP contribution is 2.61. The van der Waals surface area contributed by atoms with Crippen molar-refractivity contribution in [1.82, 2.24) is 15.0 Å². The first-order valence-corrected chi connectivity index (χ1v) is 16.3. The normalized spacial score (nSPS) is 28.0. The zero-order valence-corrected chi connectivity index (χ0v) is 23.1. The Morgan fingerprint density at radius 2 is 1.85 bits per heavy atom. The molecule has 3 aromatic rings. The van der Waals surface area contributed by atoms with Gasteiger partial charge in [0.1, 0.15) is 5.52 Å². The highest BCUT2D eigenvalue weighted by Gasteiger charge is 2.54. The van der Waals surface area contributed by atoms with Crippen molar-refractivity contribution >= 4 is 54.4 Å². The minimum absolute atomic E-state index is 0.0168. The molecule has 1 aromatic carbocycles. The predicted octanol–water partition coefficient (Wildman–Crippen LogP) is 3.16. The van der Waals surface area contributed by atoms with Crippen LogP contribution >= 0.6 is 11.6 Å². The van der Waals surface area contributed by atoms with E-state index in [2.05, 4.69) is 10.3 Å². The Hall–Kier alpha value is -2.90. The van der Waals surface area contributed by atoms with Crippen LogP contribution < -0.4 is 10.0 Å². The smallest absolute Gasteiger partial charge is 0.297 e. The van der Waals surface area contributed by atoms with Crippen LogP contribution in [0.2, 0.25) is 5.02 Å². The number of sulfonamides is 1. The van der Waals surface area contributed by atoms with E-state index in [0.717, 1.165) is 37.3 Å². The zero-order chi connectivity index (χ0) is 27.6. The van der Waals surface area contributed by atoms with E-state index in [9.17, 15) is 26.4 Å². The van der Waals surface area contributed by atoms with Crippen LogP contribution in [0.4, 0.5) is 0 Å². The largest absolute Gasteiger partial charge is 0.440 e. The van der Waals surface area contributed by atoms with Crippen molar-refractivity contribution in [1.29, 1.82) is 0 Å². The van der Waals surface area contributed by atoms with E-state index >= 15 is 0 Å². The van der Waals surface area contributed by atoms with Crippen molar-refractivity contribution in [3.05, 3.63) is 47.0 Å². The van der Waals surface area contributed by atoms with Crippen LogP contribution in [0.3, 0.4) is 0 Å². The molecule has 1 unspecified atom stereocenters. The highest BCUT2D eigenvalue weighted by atomic mass is 35.5. The number of nitrogens with one attached hydrogen (secondary N) is 2. The highest BCUT2D eigenvalue weighted by molar-refractivity contribution is 7.91. The van der Waals surface area contributed by atoms with Gasteiger partial charge in [-0.25, -0.2) is 18.1 Å². The molecule has 2 aliphatic carbocycles. The van der Waals surface area contributed by atoms with Crippen LogP contribution in [0, 0.1) is 11.3 Å². The molecule has 14 heteroatoms. The van der Waals surface area contributed by atoms with Crippen LogP contribution in [-0.2, 0) is 24.7 Å². The van der Waals surface area contributed by atoms with Crippen molar-refractivity contribution < 1.29 is 35.3 Å². The van der Waals surface area contributed by atoms with Crippen LogP contribution in [0.25, 0.3) is 11.1 Å². The molecule has 2 amide bonds. The summed E-state index contributed by atoms with van der Waals surface area (Å²) in [4.78, 5) is 29.6. The number of benzene rings is 1. The quantitative estimate of drug-likeness (QED) is 0.435. The summed E-state index contributed by atoms with van der Waals surface area (Å²) in [6.07, 6.45) is 3.96. The second kappa shape index (κ2) is 9.34. The minimum Gasteiger partial charge on any atom is -0.440 e. The van der Waals surface area contributed by atoms with Gasteiger partial charge in [-0.15, -0.1) is 0 Å². The molecule has 1 atom stereocenters. The maximum absolute atomic E-state index is 12.7. The average Bonchev–Trinajstić information content (AvgIpc) is 3.46. The molecule has 2 aromatic heterocycles. The predicted molar refractivity (Wildman–Crippen MR) is 139 cm³/mol. The fourth-order valence-electron chi connectivity index (χ4n) is 6.01. The molecule has 0 radical (unpaired) electrons. The molecule has 2 saturated carbocycles. The van der Waals surface area contributed by atoms with Gasteiger partial charge in [0.2, 0.25) is 11.0 Å². The molecular formula is C25H26ClN3O8S2. The zero-order valence-electron chi connectivity index (χ0n) is 20.7. The maximum atomic E-state index is 12.7.